The van der Waals surface area contributed by atoms with Crippen LogP contribution in [0.3, 0.4) is 0 Å². The fraction of sp³-hybridized carbons (Fsp3) is 0.444. The van der Waals surface area contributed by atoms with Gasteiger partial charge in [-0.1, -0.05) is 0 Å². The largest absolute Gasteiger partial charge is 0.431 e. The minimum Gasteiger partial charge on any atom is -0.344 e. The average Bonchev–Trinajstić information content (AvgIpc) is 2.28. The second kappa shape index (κ2) is 3.15. The molecule has 0 saturated carbocycles. The van der Waals surface area contributed by atoms with Gasteiger partial charge in [0.25, 0.3) is 0 Å². The number of rotatable bonds is 1. The monoisotopic (exact) mass is 205 g/mol. The third kappa shape index (κ3) is 1.66. The number of ketones is 1. The van der Waals surface area contributed by atoms with E-state index in [1.807, 2.05) is 0 Å². The van der Waals surface area contributed by atoms with E-state index in [9.17, 15) is 18.0 Å². The van der Waals surface area contributed by atoms with Crippen molar-refractivity contribution in [1.82, 2.24) is 4.57 Å². The van der Waals surface area contributed by atoms with Crippen LogP contribution in [0.2, 0.25) is 0 Å². The molecular weight excluding hydrogens is 195 g/mol. The molecule has 0 bridgehead atoms. The SMILES string of the molecule is CC(=O)c1cc(C(F)(F)F)n(C)c1C. The number of carbonyl (C=O) groups is 1. The zero-order valence-corrected chi connectivity index (χ0v) is 8.07. The van der Waals surface area contributed by atoms with Crippen LogP contribution in [-0.4, -0.2) is 10.4 Å². The molecule has 2 nitrogen and oxygen atoms in total. The Morgan fingerprint density at radius 1 is 1.43 bits per heavy atom. The Bertz CT molecular complexity index is 376. The number of carbonyl (C=O) groups excluding carboxylic acids is 1. The predicted octanol–water partition coefficient (Wildman–Crippen LogP) is 2.55. The van der Waals surface area contributed by atoms with Crippen LogP contribution in [0.15, 0.2) is 6.07 Å². The zero-order chi connectivity index (χ0) is 11.1. The van der Waals surface area contributed by atoms with Gasteiger partial charge in [-0.2, -0.15) is 13.2 Å². The molecule has 1 rings (SSSR count). The minimum absolute atomic E-state index is 0.125. The second-order valence-corrected chi connectivity index (χ2v) is 3.14. The van der Waals surface area contributed by atoms with Gasteiger partial charge < -0.3 is 4.57 Å². The lowest BCUT2D eigenvalue weighted by Crippen LogP contribution is -2.11. The minimum atomic E-state index is -4.41. The van der Waals surface area contributed by atoms with Crippen molar-refractivity contribution in [3.63, 3.8) is 0 Å². The lowest BCUT2D eigenvalue weighted by Gasteiger charge is -2.07. The molecule has 0 amide bonds. The number of alkyl halides is 3. The smallest absolute Gasteiger partial charge is 0.344 e. The van der Waals surface area contributed by atoms with E-state index in [0.717, 1.165) is 10.6 Å². The molecule has 0 spiro atoms. The molecule has 1 heterocycles. The zero-order valence-electron chi connectivity index (χ0n) is 8.07. The highest BCUT2D eigenvalue weighted by molar-refractivity contribution is 5.95. The van der Waals surface area contributed by atoms with Crippen LogP contribution in [-0.2, 0) is 13.2 Å². The summed E-state index contributed by atoms with van der Waals surface area (Å²) >= 11 is 0. The number of hydrogen-bond acceptors (Lipinski definition) is 1. The highest BCUT2D eigenvalue weighted by atomic mass is 19.4. The van der Waals surface area contributed by atoms with Crippen LogP contribution in [0.25, 0.3) is 0 Å². The van der Waals surface area contributed by atoms with E-state index >= 15 is 0 Å². The van der Waals surface area contributed by atoms with Crippen molar-refractivity contribution in [2.75, 3.05) is 0 Å². The fourth-order valence-electron chi connectivity index (χ4n) is 1.33. The lowest BCUT2D eigenvalue weighted by molar-refractivity contribution is -0.143. The molecule has 14 heavy (non-hydrogen) atoms. The van der Waals surface area contributed by atoms with E-state index < -0.39 is 11.9 Å². The molecule has 0 unspecified atom stereocenters. The third-order valence-electron chi connectivity index (χ3n) is 2.21. The molecular formula is C9H10F3NO. The van der Waals surface area contributed by atoms with E-state index in [4.69, 9.17) is 0 Å². The maximum atomic E-state index is 12.4. The Hall–Kier alpha value is -1.26. The highest BCUT2D eigenvalue weighted by Crippen LogP contribution is 2.31. The highest BCUT2D eigenvalue weighted by Gasteiger charge is 2.35. The van der Waals surface area contributed by atoms with E-state index in [1.165, 1.54) is 20.9 Å². The molecule has 0 N–H and O–H groups in total. The number of hydrogen-bond donors (Lipinski definition) is 0. The summed E-state index contributed by atoms with van der Waals surface area (Å²) in [6, 6.07) is 0.887. The fourth-order valence-corrected chi connectivity index (χ4v) is 1.33. The molecule has 78 valence electrons. The van der Waals surface area contributed by atoms with E-state index in [0.29, 0.717) is 5.69 Å². The summed E-state index contributed by atoms with van der Waals surface area (Å²) < 4.78 is 38.1. The first-order valence-corrected chi connectivity index (χ1v) is 3.99. The van der Waals surface area contributed by atoms with Crippen molar-refractivity contribution < 1.29 is 18.0 Å². The molecule has 1 aromatic heterocycles. The van der Waals surface area contributed by atoms with Gasteiger partial charge in [0, 0.05) is 18.3 Å². The number of halogens is 3. The van der Waals surface area contributed by atoms with Crippen molar-refractivity contribution in [2.45, 2.75) is 20.0 Å². The molecule has 0 aliphatic carbocycles. The predicted molar refractivity (Wildman–Crippen MR) is 45.2 cm³/mol. The number of aromatic nitrogens is 1. The van der Waals surface area contributed by atoms with Crippen molar-refractivity contribution >= 4 is 5.78 Å². The average molecular weight is 205 g/mol. The summed E-state index contributed by atoms with van der Waals surface area (Å²) in [5, 5.41) is 0. The quantitative estimate of drug-likeness (QED) is 0.646. The number of nitrogens with zero attached hydrogens (tertiary/aromatic N) is 1. The Labute approximate surface area is 79.3 Å². The van der Waals surface area contributed by atoms with Gasteiger partial charge in [0.1, 0.15) is 5.69 Å². The van der Waals surface area contributed by atoms with Crippen LogP contribution in [0.1, 0.15) is 28.7 Å². The first-order chi connectivity index (χ1) is 6.25. The summed E-state index contributed by atoms with van der Waals surface area (Å²) in [5.41, 5.74) is -0.329. The standard InChI is InChI=1S/C9H10F3NO/c1-5-7(6(2)14)4-8(13(5)3)9(10,11)12/h4H,1-3H3. The lowest BCUT2D eigenvalue weighted by atomic mass is 10.2. The van der Waals surface area contributed by atoms with Gasteiger partial charge in [-0.3, -0.25) is 4.79 Å². The van der Waals surface area contributed by atoms with Crippen molar-refractivity contribution in [3.8, 4) is 0 Å². The maximum Gasteiger partial charge on any atom is 0.431 e. The summed E-state index contributed by atoms with van der Waals surface area (Å²) in [6.45, 7) is 2.74. The van der Waals surface area contributed by atoms with E-state index in [1.54, 1.807) is 0 Å². The summed E-state index contributed by atoms with van der Waals surface area (Å²) in [6.07, 6.45) is -4.41. The molecule has 0 fully saturated rings. The Morgan fingerprint density at radius 2 is 1.93 bits per heavy atom. The molecule has 1 aromatic rings. The van der Waals surface area contributed by atoms with Gasteiger partial charge in [-0.15, -0.1) is 0 Å². The van der Waals surface area contributed by atoms with Crippen LogP contribution in [0, 0.1) is 6.92 Å². The first kappa shape index (κ1) is 10.8. The van der Waals surface area contributed by atoms with Crippen LogP contribution >= 0.6 is 0 Å². The summed E-state index contributed by atoms with van der Waals surface area (Å²) in [5.74, 6) is -0.353. The normalized spacial score (nSPS) is 11.9. The molecule has 0 saturated heterocycles. The molecule has 0 aliphatic heterocycles. The van der Waals surface area contributed by atoms with Gasteiger partial charge in [-0.05, 0) is 19.9 Å². The molecule has 0 aromatic carbocycles. The Morgan fingerprint density at radius 3 is 2.14 bits per heavy atom. The van der Waals surface area contributed by atoms with Crippen molar-refractivity contribution in [1.29, 1.82) is 0 Å². The van der Waals surface area contributed by atoms with Crippen molar-refractivity contribution in [2.24, 2.45) is 7.05 Å². The first-order valence-electron chi connectivity index (χ1n) is 3.99. The Kier molecular flexibility index (Phi) is 2.43. The molecule has 5 heteroatoms. The van der Waals surface area contributed by atoms with E-state index in [2.05, 4.69) is 0 Å². The summed E-state index contributed by atoms with van der Waals surface area (Å²) in [7, 11) is 1.30. The van der Waals surface area contributed by atoms with E-state index in [-0.39, 0.29) is 11.3 Å². The van der Waals surface area contributed by atoms with Gasteiger partial charge >= 0.3 is 6.18 Å². The maximum absolute atomic E-state index is 12.4. The van der Waals surface area contributed by atoms with Gasteiger partial charge in [0.2, 0.25) is 0 Å². The van der Waals surface area contributed by atoms with Crippen molar-refractivity contribution in [3.05, 3.63) is 23.0 Å². The molecule has 0 aliphatic rings. The van der Waals surface area contributed by atoms with Crippen LogP contribution in [0.5, 0.6) is 0 Å². The van der Waals surface area contributed by atoms with Gasteiger partial charge in [-0.25, -0.2) is 0 Å². The van der Waals surface area contributed by atoms with Gasteiger partial charge in [0.05, 0.1) is 0 Å². The summed E-state index contributed by atoms with van der Waals surface area (Å²) in [4.78, 5) is 11.0. The second-order valence-electron chi connectivity index (χ2n) is 3.14. The third-order valence-corrected chi connectivity index (χ3v) is 2.21. The topological polar surface area (TPSA) is 22.0 Å². The van der Waals surface area contributed by atoms with Crippen LogP contribution < -0.4 is 0 Å². The van der Waals surface area contributed by atoms with Gasteiger partial charge in [0.15, 0.2) is 5.78 Å². The van der Waals surface area contributed by atoms with Crippen LogP contribution in [0.4, 0.5) is 13.2 Å². The Balaban J connectivity index is 3.37. The number of Topliss-reactive ketones (excluding diaryl/α,β-unsaturated/α-hetero) is 1. The molecule has 0 radical (unpaired) electrons. The molecule has 0 atom stereocenters.